The summed E-state index contributed by atoms with van der Waals surface area (Å²) in [4.78, 5) is 20.2. The van der Waals surface area contributed by atoms with E-state index in [0.717, 1.165) is 5.56 Å². The van der Waals surface area contributed by atoms with E-state index in [0.29, 0.717) is 23.1 Å². The quantitative estimate of drug-likeness (QED) is 0.891. The molecule has 1 amide bonds. The van der Waals surface area contributed by atoms with Crippen molar-refractivity contribution in [3.8, 4) is 0 Å². The van der Waals surface area contributed by atoms with Crippen molar-refractivity contribution in [1.29, 1.82) is 0 Å². The molecule has 0 aliphatic heterocycles. The number of hydrogen-bond acceptors (Lipinski definition) is 4. The number of nitrogens with zero attached hydrogens (tertiary/aromatic N) is 2. The van der Waals surface area contributed by atoms with Gasteiger partial charge in [0.05, 0.1) is 12.4 Å². The van der Waals surface area contributed by atoms with Crippen molar-refractivity contribution in [1.82, 2.24) is 15.3 Å². The molecule has 1 aromatic carbocycles. The van der Waals surface area contributed by atoms with Crippen LogP contribution >= 0.6 is 11.6 Å². The Morgan fingerprint density at radius 1 is 1.19 bits per heavy atom. The predicted octanol–water partition coefficient (Wildman–Crippen LogP) is 2.88. The standard InChI is InChI=1S/C15H17ClN4O/c1-10(2)20-14-9-17-13(8-18-14)15(21)19-7-11-3-5-12(16)6-4-11/h3-6,8-10H,7H2,1-2H3,(H,18,20)(H,19,21). The average Bonchev–Trinajstić information content (AvgIpc) is 2.46. The summed E-state index contributed by atoms with van der Waals surface area (Å²) in [5.74, 6) is 0.396. The largest absolute Gasteiger partial charge is 0.367 e. The molecule has 0 radical (unpaired) electrons. The Balaban J connectivity index is 1.92. The second-order valence-electron chi connectivity index (χ2n) is 4.90. The molecule has 0 saturated carbocycles. The van der Waals surface area contributed by atoms with Crippen LogP contribution in [0.2, 0.25) is 5.02 Å². The van der Waals surface area contributed by atoms with Crippen molar-refractivity contribution < 1.29 is 4.79 Å². The molecule has 0 spiro atoms. The van der Waals surface area contributed by atoms with Gasteiger partial charge in [-0.1, -0.05) is 23.7 Å². The van der Waals surface area contributed by atoms with Crippen molar-refractivity contribution in [2.24, 2.45) is 0 Å². The average molecular weight is 305 g/mol. The number of rotatable bonds is 5. The van der Waals surface area contributed by atoms with Gasteiger partial charge in [-0.05, 0) is 31.5 Å². The van der Waals surface area contributed by atoms with Crippen molar-refractivity contribution in [2.45, 2.75) is 26.4 Å². The second-order valence-corrected chi connectivity index (χ2v) is 5.33. The Bertz CT molecular complexity index is 596. The van der Waals surface area contributed by atoms with Crippen LogP contribution in [0.1, 0.15) is 29.9 Å². The molecule has 2 N–H and O–H groups in total. The highest BCUT2D eigenvalue weighted by Gasteiger charge is 2.08. The van der Waals surface area contributed by atoms with Gasteiger partial charge in [-0.3, -0.25) is 4.79 Å². The van der Waals surface area contributed by atoms with Crippen molar-refractivity contribution in [3.63, 3.8) is 0 Å². The molecule has 1 heterocycles. The number of halogens is 1. The lowest BCUT2D eigenvalue weighted by molar-refractivity contribution is 0.0945. The monoisotopic (exact) mass is 304 g/mol. The first-order chi connectivity index (χ1) is 10.0. The maximum absolute atomic E-state index is 12.0. The van der Waals surface area contributed by atoms with E-state index in [1.165, 1.54) is 6.20 Å². The highest BCUT2D eigenvalue weighted by Crippen LogP contribution is 2.09. The molecule has 0 fully saturated rings. The topological polar surface area (TPSA) is 66.9 Å². The van der Waals surface area contributed by atoms with Gasteiger partial charge in [-0.15, -0.1) is 0 Å². The van der Waals surface area contributed by atoms with E-state index in [9.17, 15) is 4.79 Å². The molecule has 0 unspecified atom stereocenters. The van der Waals surface area contributed by atoms with E-state index < -0.39 is 0 Å². The van der Waals surface area contributed by atoms with Gasteiger partial charge in [0.1, 0.15) is 11.5 Å². The molecule has 6 heteroatoms. The molecule has 2 rings (SSSR count). The highest BCUT2D eigenvalue weighted by atomic mass is 35.5. The van der Waals surface area contributed by atoms with Crippen molar-refractivity contribution >= 4 is 23.3 Å². The zero-order valence-electron chi connectivity index (χ0n) is 11.9. The lowest BCUT2D eigenvalue weighted by Gasteiger charge is -2.09. The third-order valence-electron chi connectivity index (χ3n) is 2.69. The first-order valence-corrected chi connectivity index (χ1v) is 7.03. The summed E-state index contributed by atoms with van der Waals surface area (Å²) in [6.45, 7) is 4.44. The first-order valence-electron chi connectivity index (χ1n) is 6.66. The number of carbonyl (C=O) groups is 1. The van der Waals surface area contributed by atoms with Crippen LogP contribution in [0.15, 0.2) is 36.7 Å². The van der Waals surface area contributed by atoms with Gasteiger partial charge in [0.25, 0.3) is 5.91 Å². The second kappa shape index (κ2) is 7.04. The fraction of sp³-hybridized carbons (Fsp3) is 0.267. The highest BCUT2D eigenvalue weighted by molar-refractivity contribution is 6.30. The summed E-state index contributed by atoms with van der Waals surface area (Å²) in [6.07, 6.45) is 3.01. The molecule has 110 valence electrons. The Kier molecular flexibility index (Phi) is 5.11. The third kappa shape index (κ3) is 4.72. The molecule has 0 bridgehead atoms. The van der Waals surface area contributed by atoms with Crippen LogP contribution in [-0.2, 0) is 6.54 Å². The minimum Gasteiger partial charge on any atom is -0.367 e. The predicted molar refractivity (Wildman–Crippen MR) is 83.4 cm³/mol. The normalized spacial score (nSPS) is 10.5. The van der Waals surface area contributed by atoms with Crippen LogP contribution in [0.5, 0.6) is 0 Å². The SMILES string of the molecule is CC(C)Nc1cnc(C(=O)NCc2ccc(Cl)cc2)cn1. The maximum atomic E-state index is 12.0. The number of hydrogen-bond donors (Lipinski definition) is 2. The van der Waals surface area contributed by atoms with Gasteiger partial charge >= 0.3 is 0 Å². The van der Waals surface area contributed by atoms with Gasteiger partial charge in [-0.2, -0.15) is 0 Å². The Morgan fingerprint density at radius 2 is 1.90 bits per heavy atom. The number of carbonyl (C=O) groups excluding carboxylic acids is 1. The summed E-state index contributed by atoms with van der Waals surface area (Å²) < 4.78 is 0. The van der Waals surface area contributed by atoms with Gasteiger partial charge < -0.3 is 10.6 Å². The lowest BCUT2D eigenvalue weighted by Crippen LogP contribution is -2.24. The molecule has 0 aliphatic carbocycles. The summed E-state index contributed by atoms with van der Waals surface area (Å²) in [5, 5.41) is 6.58. The van der Waals surface area contributed by atoms with E-state index in [-0.39, 0.29) is 11.9 Å². The summed E-state index contributed by atoms with van der Waals surface area (Å²) in [5.41, 5.74) is 1.26. The molecular formula is C15H17ClN4O. The first kappa shape index (κ1) is 15.3. The van der Waals surface area contributed by atoms with Crippen LogP contribution in [0.25, 0.3) is 0 Å². The summed E-state index contributed by atoms with van der Waals surface area (Å²) in [7, 11) is 0. The van der Waals surface area contributed by atoms with Crippen LogP contribution in [0.3, 0.4) is 0 Å². The van der Waals surface area contributed by atoms with Crippen LogP contribution in [0, 0.1) is 0 Å². The van der Waals surface area contributed by atoms with E-state index >= 15 is 0 Å². The number of benzene rings is 1. The number of amides is 1. The molecule has 0 atom stereocenters. The van der Waals surface area contributed by atoms with E-state index in [4.69, 9.17) is 11.6 Å². The van der Waals surface area contributed by atoms with Crippen LogP contribution in [0.4, 0.5) is 5.82 Å². The van der Waals surface area contributed by atoms with Gasteiger partial charge in [0.15, 0.2) is 0 Å². The minimum atomic E-state index is -0.256. The van der Waals surface area contributed by atoms with Gasteiger partial charge in [0, 0.05) is 17.6 Å². The zero-order chi connectivity index (χ0) is 15.2. The van der Waals surface area contributed by atoms with Crippen LogP contribution in [-0.4, -0.2) is 21.9 Å². The third-order valence-corrected chi connectivity index (χ3v) is 2.94. The van der Waals surface area contributed by atoms with Gasteiger partial charge in [0.2, 0.25) is 0 Å². The molecule has 1 aromatic heterocycles. The molecule has 5 nitrogen and oxygen atoms in total. The molecule has 0 saturated heterocycles. The maximum Gasteiger partial charge on any atom is 0.271 e. The number of nitrogens with one attached hydrogen (secondary N) is 2. The van der Waals surface area contributed by atoms with E-state index in [1.54, 1.807) is 18.3 Å². The fourth-order valence-electron chi connectivity index (χ4n) is 1.69. The van der Waals surface area contributed by atoms with Crippen molar-refractivity contribution in [3.05, 3.63) is 52.9 Å². The lowest BCUT2D eigenvalue weighted by atomic mass is 10.2. The fourth-order valence-corrected chi connectivity index (χ4v) is 1.82. The van der Waals surface area contributed by atoms with Crippen molar-refractivity contribution in [2.75, 3.05) is 5.32 Å². The van der Waals surface area contributed by atoms with Gasteiger partial charge in [-0.25, -0.2) is 9.97 Å². The number of anilines is 1. The summed E-state index contributed by atoms with van der Waals surface area (Å²) in [6, 6.07) is 7.57. The van der Waals surface area contributed by atoms with E-state index in [1.807, 2.05) is 26.0 Å². The minimum absolute atomic E-state index is 0.256. The molecule has 0 aliphatic rings. The molecule has 2 aromatic rings. The van der Waals surface area contributed by atoms with E-state index in [2.05, 4.69) is 20.6 Å². The molecule has 21 heavy (non-hydrogen) atoms. The van der Waals surface area contributed by atoms with Crippen LogP contribution < -0.4 is 10.6 Å². The molecular weight excluding hydrogens is 288 g/mol. The smallest absolute Gasteiger partial charge is 0.271 e. The Labute approximate surface area is 128 Å². The zero-order valence-corrected chi connectivity index (χ0v) is 12.7. The Hall–Kier alpha value is -2.14. The Morgan fingerprint density at radius 3 is 2.48 bits per heavy atom. The number of aromatic nitrogens is 2. The summed E-state index contributed by atoms with van der Waals surface area (Å²) >= 11 is 5.81.